The Bertz CT molecular complexity index is 727. The maximum atomic E-state index is 12.8. The summed E-state index contributed by atoms with van der Waals surface area (Å²) in [6, 6.07) is 3.13. The van der Waals surface area contributed by atoms with E-state index in [1.54, 1.807) is 18.3 Å². The van der Waals surface area contributed by atoms with Crippen molar-refractivity contribution >= 4 is 5.91 Å². The number of carbonyl (C=O) groups is 1. The Hall–Kier alpha value is -2.70. The Morgan fingerprint density at radius 3 is 2.28 bits per heavy atom. The molecule has 0 saturated carbocycles. The lowest BCUT2D eigenvalue weighted by molar-refractivity contribution is 0.0932. The van der Waals surface area contributed by atoms with Gasteiger partial charge in [0.05, 0.1) is 39.1 Å². The zero-order chi connectivity index (χ0) is 18.4. The van der Waals surface area contributed by atoms with E-state index in [2.05, 4.69) is 10.4 Å². The van der Waals surface area contributed by atoms with Crippen molar-refractivity contribution in [1.29, 1.82) is 0 Å². The summed E-state index contributed by atoms with van der Waals surface area (Å²) in [5, 5.41) is 7.30. The number of hydrogen-bond acceptors (Lipinski definition) is 5. The minimum Gasteiger partial charge on any atom is -0.496 e. The van der Waals surface area contributed by atoms with E-state index >= 15 is 0 Å². The van der Waals surface area contributed by atoms with Crippen LogP contribution in [0.4, 0.5) is 0 Å². The van der Waals surface area contributed by atoms with Gasteiger partial charge < -0.3 is 19.5 Å². The fraction of sp³-hybridized carbons (Fsp3) is 0.444. The Balaban J connectivity index is 2.29. The summed E-state index contributed by atoms with van der Waals surface area (Å²) < 4.78 is 17.7. The fourth-order valence-electron chi connectivity index (χ4n) is 2.60. The summed E-state index contributed by atoms with van der Waals surface area (Å²) in [6.45, 7) is 4.82. The number of nitrogens with zero attached hydrogens (tertiary/aromatic N) is 2. The number of nitrogens with one attached hydrogen (secondary N) is 1. The van der Waals surface area contributed by atoms with E-state index in [1.807, 2.05) is 24.7 Å². The number of amides is 1. The van der Waals surface area contributed by atoms with Crippen molar-refractivity contribution in [2.24, 2.45) is 0 Å². The minimum absolute atomic E-state index is 0.134. The van der Waals surface area contributed by atoms with Gasteiger partial charge >= 0.3 is 0 Å². The van der Waals surface area contributed by atoms with Crippen molar-refractivity contribution in [3.8, 4) is 17.2 Å². The fourth-order valence-corrected chi connectivity index (χ4v) is 2.60. The van der Waals surface area contributed by atoms with Crippen molar-refractivity contribution in [3.63, 3.8) is 0 Å². The largest absolute Gasteiger partial charge is 0.496 e. The highest BCUT2D eigenvalue weighted by molar-refractivity contribution is 5.98. The molecule has 0 aliphatic heterocycles. The number of carbonyl (C=O) groups excluding carboxylic acids is 1. The predicted octanol–water partition coefficient (Wildman–Crippen LogP) is 2.81. The first-order valence-corrected chi connectivity index (χ1v) is 8.21. The molecule has 7 nitrogen and oxygen atoms in total. The first-order valence-electron chi connectivity index (χ1n) is 8.21. The molecule has 0 aliphatic rings. The van der Waals surface area contributed by atoms with Crippen LogP contribution in [0.3, 0.4) is 0 Å². The van der Waals surface area contributed by atoms with Crippen LogP contribution in [0, 0.1) is 0 Å². The van der Waals surface area contributed by atoms with Crippen LogP contribution < -0.4 is 19.5 Å². The van der Waals surface area contributed by atoms with E-state index in [1.165, 1.54) is 21.3 Å². The van der Waals surface area contributed by atoms with Crippen LogP contribution in [0.1, 0.15) is 42.2 Å². The molecule has 2 aromatic rings. The van der Waals surface area contributed by atoms with Crippen molar-refractivity contribution in [1.82, 2.24) is 15.1 Å². The molecular formula is C18H25N3O4. The number of ether oxygens (including phenoxy) is 3. The highest BCUT2D eigenvalue weighted by Gasteiger charge is 2.21. The minimum atomic E-state index is -0.242. The van der Waals surface area contributed by atoms with Crippen LogP contribution >= 0.6 is 0 Å². The van der Waals surface area contributed by atoms with Crippen molar-refractivity contribution in [2.75, 3.05) is 21.3 Å². The summed E-state index contributed by atoms with van der Waals surface area (Å²) >= 11 is 0. The summed E-state index contributed by atoms with van der Waals surface area (Å²) in [5.74, 6) is 1.16. The normalized spacial score (nSPS) is 11.7. The van der Waals surface area contributed by atoms with Crippen LogP contribution in [-0.2, 0) is 6.54 Å². The van der Waals surface area contributed by atoms with Gasteiger partial charge in [-0.1, -0.05) is 6.92 Å². The number of aromatic nitrogens is 2. The van der Waals surface area contributed by atoms with Gasteiger partial charge in [-0.15, -0.1) is 0 Å². The lowest BCUT2D eigenvalue weighted by Crippen LogP contribution is -2.28. The van der Waals surface area contributed by atoms with Crippen molar-refractivity contribution < 1.29 is 19.0 Å². The SMILES string of the molecule is CCC(NC(=O)c1cc(OC)c(OC)cc1OC)c1cnn(CC)c1. The molecule has 2 rings (SSSR count). The zero-order valence-electron chi connectivity index (χ0n) is 15.3. The quantitative estimate of drug-likeness (QED) is 0.795. The first kappa shape index (κ1) is 18.6. The molecule has 1 atom stereocenters. The van der Waals surface area contributed by atoms with Gasteiger partial charge in [-0.25, -0.2) is 0 Å². The van der Waals surface area contributed by atoms with E-state index in [4.69, 9.17) is 14.2 Å². The number of rotatable bonds is 8. The highest BCUT2D eigenvalue weighted by Crippen LogP contribution is 2.34. The van der Waals surface area contributed by atoms with Crippen molar-refractivity contribution in [2.45, 2.75) is 32.9 Å². The molecule has 1 amide bonds. The monoisotopic (exact) mass is 347 g/mol. The zero-order valence-corrected chi connectivity index (χ0v) is 15.3. The van der Waals surface area contributed by atoms with Gasteiger partial charge in [0.15, 0.2) is 11.5 Å². The van der Waals surface area contributed by atoms with E-state index in [0.29, 0.717) is 22.8 Å². The van der Waals surface area contributed by atoms with E-state index in [-0.39, 0.29) is 11.9 Å². The van der Waals surface area contributed by atoms with Gasteiger partial charge in [-0.2, -0.15) is 5.10 Å². The molecule has 0 radical (unpaired) electrons. The number of benzene rings is 1. The molecule has 1 aromatic carbocycles. The van der Waals surface area contributed by atoms with Crippen LogP contribution in [0.2, 0.25) is 0 Å². The Morgan fingerprint density at radius 1 is 1.12 bits per heavy atom. The van der Waals surface area contributed by atoms with Crippen LogP contribution in [0.5, 0.6) is 17.2 Å². The number of aryl methyl sites for hydroxylation is 1. The molecule has 1 N–H and O–H groups in total. The topological polar surface area (TPSA) is 74.6 Å². The molecule has 0 aliphatic carbocycles. The number of hydrogen-bond donors (Lipinski definition) is 1. The predicted molar refractivity (Wildman–Crippen MR) is 94.5 cm³/mol. The molecular weight excluding hydrogens is 322 g/mol. The standard InChI is InChI=1S/C18H25N3O4/c1-6-14(12-10-19-21(7-2)11-12)20-18(22)13-8-16(24-4)17(25-5)9-15(13)23-3/h8-11,14H,6-7H2,1-5H3,(H,20,22). The molecule has 1 heterocycles. The van der Waals surface area contributed by atoms with Gasteiger partial charge in [0.25, 0.3) is 5.91 Å². The summed E-state index contributed by atoms with van der Waals surface area (Å²) in [4.78, 5) is 12.8. The third kappa shape index (κ3) is 4.04. The van der Waals surface area contributed by atoms with Crippen LogP contribution in [-0.4, -0.2) is 37.0 Å². The smallest absolute Gasteiger partial charge is 0.255 e. The lowest BCUT2D eigenvalue weighted by Gasteiger charge is -2.18. The molecule has 0 spiro atoms. The van der Waals surface area contributed by atoms with E-state index < -0.39 is 0 Å². The summed E-state index contributed by atoms with van der Waals surface area (Å²) in [6.07, 6.45) is 4.47. The van der Waals surface area contributed by atoms with Gasteiger partial charge in [-0.05, 0) is 13.3 Å². The Kier molecular flexibility index (Phi) is 6.27. The van der Waals surface area contributed by atoms with Crippen LogP contribution in [0.15, 0.2) is 24.5 Å². The molecule has 7 heteroatoms. The second-order valence-electron chi connectivity index (χ2n) is 5.47. The average Bonchev–Trinajstić information content (AvgIpc) is 3.13. The second kappa shape index (κ2) is 8.41. The van der Waals surface area contributed by atoms with Gasteiger partial charge in [0.1, 0.15) is 5.75 Å². The Morgan fingerprint density at radius 2 is 1.76 bits per heavy atom. The van der Waals surface area contributed by atoms with E-state index in [0.717, 1.165) is 18.5 Å². The van der Waals surface area contributed by atoms with Gasteiger partial charge in [0, 0.05) is 30.4 Å². The third-order valence-corrected chi connectivity index (χ3v) is 4.04. The van der Waals surface area contributed by atoms with Crippen molar-refractivity contribution in [3.05, 3.63) is 35.7 Å². The first-order chi connectivity index (χ1) is 12.1. The molecule has 1 unspecified atom stereocenters. The molecule has 0 bridgehead atoms. The molecule has 0 fully saturated rings. The highest BCUT2D eigenvalue weighted by atomic mass is 16.5. The maximum Gasteiger partial charge on any atom is 0.255 e. The van der Waals surface area contributed by atoms with Crippen LogP contribution in [0.25, 0.3) is 0 Å². The Labute approximate surface area is 147 Å². The maximum absolute atomic E-state index is 12.8. The molecule has 1 aromatic heterocycles. The summed E-state index contributed by atoms with van der Waals surface area (Å²) in [5.41, 5.74) is 1.36. The van der Waals surface area contributed by atoms with Gasteiger partial charge in [-0.3, -0.25) is 9.48 Å². The van der Waals surface area contributed by atoms with E-state index in [9.17, 15) is 4.79 Å². The second-order valence-corrected chi connectivity index (χ2v) is 5.47. The van der Waals surface area contributed by atoms with Gasteiger partial charge in [0.2, 0.25) is 0 Å². The average molecular weight is 347 g/mol. The molecule has 0 saturated heterocycles. The number of methoxy groups -OCH3 is 3. The third-order valence-electron chi connectivity index (χ3n) is 4.04. The summed E-state index contributed by atoms with van der Waals surface area (Å²) in [7, 11) is 4.58. The molecule has 136 valence electrons. The molecule has 25 heavy (non-hydrogen) atoms. The lowest BCUT2D eigenvalue weighted by atomic mass is 10.1.